The number of carbonyl (C=O) groups is 2. The number of halogens is 1. The van der Waals surface area contributed by atoms with Gasteiger partial charge in [-0.1, -0.05) is 69.2 Å². The summed E-state index contributed by atoms with van der Waals surface area (Å²) in [6.45, 7) is -0.682. The zero-order valence-corrected chi connectivity index (χ0v) is 31.2. The minimum atomic E-state index is -1.13. The van der Waals surface area contributed by atoms with Crippen LogP contribution in [-0.2, 0) is 24.7 Å². The van der Waals surface area contributed by atoms with Gasteiger partial charge in [-0.05, 0) is 92.7 Å². The predicted molar refractivity (Wildman–Crippen MR) is 184 cm³/mol. The molecule has 0 aliphatic rings. The topological polar surface area (TPSA) is 145 Å². The summed E-state index contributed by atoms with van der Waals surface area (Å²) in [6, 6.07) is 8.14. The van der Waals surface area contributed by atoms with E-state index < -0.39 is 30.1 Å². The second kappa shape index (κ2) is 23.5. The van der Waals surface area contributed by atoms with Gasteiger partial charge in [0.2, 0.25) is 0 Å². The van der Waals surface area contributed by atoms with Crippen molar-refractivity contribution in [2.24, 2.45) is 7.05 Å². The van der Waals surface area contributed by atoms with Crippen molar-refractivity contribution < 1.29 is 58.9 Å². The number of aliphatic hydroxyl groups excluding tert-OH is 2. The number of amides is 1. The Kier molecular flexibility index (Phi) is 20.3. The number of carboxylic acids is 1. The van der Waals surface area contributed by atoms with Crippen LogP contribution in [0.25, 0.3) is 11.0 Å². The Labute approximate surface area is 311 Å². The number of benzene rings is 1. The minimum Gasteiger partial charge on any atom is -0.550 e. The maximum Gasteiger partial charge on any atom is 1.00 e. The Morgan fingerprint density at radius 2 is 1.53 bits per heavy atom. The number of nitrogens with zero attached hydrogens (tertiary/aromatic N) is 2. The first kappa shape index (κ1) is 42.3. The van der Waals surface area contributed by atoms with Gasteiger partial charge in [0.1, 0.15) is 11.4 Å². The number of carbonyl (C=O) groups excluding carboxylic acids is 2. The molecule has 1 aromatic carbocycles. The third-order valence-corrected chi connectivity index (χ3v) is 8.62. The van der Waals surface area contributed by atoms with Crippen molar-refractivity contribution in [3.05, 3.63) is 87.1 Å². The van der Waals surface area contributed by atoms with Gasteiger partial charge in [-0.2, -0.15) is 0 Å². The van der Waals surface area contributed by atoms with E-state index in [2.05, 4.69) is 17.5 Å². The van der Waals surface area contributed by atoms with E-state index in [-0.39, 0.29) is 53.9 Å². The van der Waals surface area contributed by atoms with Gasteiger partial charge < -0.3 is 30.0 Å². The van der Waals surface area contributed by atoms with Crippen LogP contribution in [0.5, 0.6) is 0 Å². The van der Waals surface area contributed by atoms with Crippen LogP contribution in [0.1, 0.15) is 117 Å². The molecule has 2 heterocycles. The van der Waals surface area contributed by atoms with E-state index in [1.54, 1.807) is 25.4 Å². The average Bonchev–Trinajstić information content (AvgIpc) is 3.07. The van der Waals surface area contributed by atoms with Crippen LogP contribution >= 0.6 is 0 Å². The number of carboxylic acid groups (broad SMARTS) is 1. The SMILES string of the molecule is Cn1c(=O)c(C(=O)NC[C@@H](O)CO)c(CCCCCCCC/C=C\CCCCCCCC(=O)[O-])c2ncc(Cc3ccc(F)cc3)cc21.[Na+]. The third-order valence-electron chi connectivity index (χ3n) is 8.62. The van der Waals surface area contributed by atoms with Gasteiger partial charge in [-0.25, -0.2) is 4.39 Å². The van der Waals surface area contributed by atoms with Crippen LogP contribution in [-0.4, -0.2) is 50.9 Å². The fourth-order valence-corrected chi connectivity index (χ4v) is 5.85. The number of hydrogen-bond donors (Lipinski definition) is 3. The van der Waals surface area contributed by atoms with Crippen LogP contribution in [0.15, 0.2) is 53.5 Å². The second-order valence-corrected chi connectivity index (χ2v) is 12.6. The van der Waals surface area contributed by atoms with Gasteiger partial charge in [0.05, 0.1) is 23.7 Å². The summed E-state index contributed by atoms with van der Waals surface area (Å²) in [6.07, 6.45) is 19.5. The summed E-state index contributed by atoms with van der Waals surface area (Å²) in [5.74, 6) is -1.87. The Hall–Kier alpha value is -2.89. The summed E-state index contributed by atoms with van der Waals surface area (Å²) in [5.41, 5.74) is 3.11. The fraction of sp³-hybridized carbons (Fsp3) is 0.526. The van der Waals surface area contributed by atoms with E-state index in [1.807, 2.05) is 6.07 Å². The van der Waals surface area contributed by atoms with E-state index in [4.69, 9.17) is 10.1 Å². The standard InChI is InChI=1S/C38H52FN3O6.Na/c1-42-33-24-29(23-28-19-21-30(39)22-20-28)25-40-36(33)32(35(38(42)48)37(47)41-26-31(44)27-43)17-15-13-11-9-7-5-3-2-4-6-8-10-12-14-16-18-34(45)46;/h2,4,19-22,24-25,31,43-44H,3,5-18,23,26-27H2,1H3,(H,41,47)(H,45,46);/q;+1/p-1/b4-2-;/t31-;/m1./s1. The van der Waals surface area contributed by atoms with Gasteiger partial charge in [0.25, 0.3) is 11.5 Å². The molecule has 3 aromatic rings. The Bertz CT molecular complexity index is 1540. The van der Waals surface area contributed by atoms with Crippen molar-refractivity contribution in [2.45, 2.75) is 109 Å². The molecule has 9 nitrogen and oxygen atoms in total. The molecular formula is C38H51FN3NaO6. The Morgan fingerprint density at radius 1 is 0.939 bits per heavy atom. The maximum atomic E-state index is 13.6. The zero-order valence-electron chi connectivity index (χ0n) is 29.2. The predicted octanol–water partition coefficient (Wildman–Crippen LogP) is 2.06. The third kappa shape index (κ3) is 14.9. The first-order valence-electron chi connectivity index (χ1n) is 17.4. The first-order valence-corrected chi connectivity index (χ1v) is 17.4. The van der Waals surface area contributed by atoms with Crippen molar-refractivity contribution in [2.75, 3.05) is 13.2 Å². The summed E-state index contributed by atoms with van der Waals surface area (Å²) < 4.78 is 14.8. The normalized spacial score (nSPS) is 11.9. The van der Waals surface area contributed by atoms with Crippen molar-refractivity contribution in [1.29, 1.82) is 0 Å². The molecule has 1 amide bonds. The van der Waals surface area contributed by atoms with E-state index in [0.29, 0.717) is 35.9 Å². The Morgan fingerprint density at radius 3 is 2.14 bits per heavy atom. The van der Waals surface area contributed by atoms with Crippen molar-refractivity contribution in [3.8, 4) is 0 Å². The summed E-state index contributed by atoms with van der Waals surface area (Å²) in [5, 5.41) is 31.9. The number of aliphatic carboxylic acids is 1. The van der Waals surface area contributed by atoms with Crippen LogP contribution in [0.3, 0.4) is 0 Å². The number of allylic oxidation sites excluding steroid dienone is 2. The van der Waals surface area contributed by atoms with Gasteiger partial charge in [0.15, 0.2) is 0 Å². The molecule has 1 atom stereocenters. The van der Waals surface area contributed by atoms with Gasteiger partial charge in [-0.3, -0.25) is 14.6 Å². The number of unbranched alkanes of at least 4 members (excludes halogenated alkanes) is 11. The van der Waals surface area contributed by atoms with Crippen LogP contribution in [0.2, 0.25) is 0 Å². The molecule has 262 valence electrons. The number of aryl methyl sites for hydroxylation is 2. The molecule has 0 fully saturated rings. The zero-order chi connectivity index (χ0) is 34.7. The van der Waals surface area contributed by atoms with Gasteiger partial charge >= 0.3 is 29.6 Å². The summed E-state index contributed by atoms with van der Waals surface area (Å²) in [7, 11) is 1.61. The molecule has 0 aliphatic heterocycles. The summed E-state index contributed by atoms with van der Waals surface area (Å²) >= 11 is 0. The van der Waals surface area contributed by atoms with Gasteiger partial charge in [0, 0.05) is 25.8 Å². The summed E-state index contributed by atoms with van der Waals surface area (Å²) in [4.78, 5) is 41.9. The minimum absolute atomic E-state index is 0. The molecule has 0 spiro atoms. The van der Waals surface area contributed by atoms with Gasteiger partial charge in [-0.15, -0.1) is 0 Å². The molecule has 0 saturated carbocycles. The second-order valence-electron chi connectivity index (χ2n) is 12.6. The molecule has 3 N–H and O–H groups in total. The van der Waals surface area contributed by atoms with E-state index in [9.17, 15) is 29.0 Å². The molecular weight excluding hydrogens is 636 g/mol. The van der Waals surface area contributed by atoms with E-state index in [1.165, 1.54) is 16.7 Å². The molecule has 0 bridgehead atoms. The largest absolute Gasteiger partial charge is 1.00 e. The average molecular weight is 688 g/mol. The number of aromatic nitrogens is 2. The quantitative estimate of drug-likeness (QED) is 0.0787. The monoisotopic (exact) mass is 687 g/mol. The van der Waals surface area contributed by atoms with Crippen molar-refractivity contribution in [3.63, 3.8) is 0 Å². The molecule has 11 heteroatoms. The molecule has 0 radical (unpaired) electrons. The number of hydrogen-bond acceptors (Lipinski definition) is 7. The number of aliphatic hydroxyl groups is 2. The molecule has 0 unspecified atom stereocenters. The number of fused-ring (bicyclic) bond motifs is 1. The van der Waals surface area contributed by atoms with Crippen LogP contribution in [0.4, 0.5) is 4.39 Å². The van der Waals surface area contributed by atoms with E-state index in [0.717, 1.165) is 88.2 Å². The van der Waals surface area contributed by atoms with Crippen molar-refractivity contribution >= 4 is 22.9 Å². The molecule has 0 aliphatic carbocycles. The molecule has 2 aromatic heterocycles. The number of rotatable bonds is 23. The molecule has 0 saturated heterocycles. The molecule has 49 heavy (non-hydrogen) atoms. The molecule has 3 rings (SSSR count). The smallest absolute Gasteiger partial charge is 0.550 e. The van der Waals surface area contributed by atoms with Crippen LogP contribution in [0, 0.1) is 5.82 Å². The van der Waals surface area contributed by atoms with Crippen molar-refractivity contribution in [1.82, 2.24) is 14.9 Å². The fourth-order valence-electron chi connectivity index (χ4n) is 5.85. The first-order chi connectivity index (χ1) is 23.2. The number of nitrogens with one attached hydrogen (secondary N) is 1. The van der Waals surface area contributed by atoms with E-state index >= 15 is 0 Å². The number of pyridine rings is 2. The van der Waals surface area contributed by atoms with Crippen LogP contribution < -0.4 is 45.5 Å². The maximum absolute atomic E-state index is 13.6. The Balaban J connectivity index is 0.00000833.